The fourth-order valence-electron chi connectivity index (χ4n) is 9.52. The van der Waals surface area contributed by atoms with E-state index in [-0.39, 0.29) is 49.1 Å². The van der Waals surface area contributed by atoms with Gasteiger partial charge in [-0.25, -0.2) is 28.3 Å². The van der Waals surface area contributed by atoms with Gasteiger partial charge in [-0.1, -0.05) is 62.9 Å². The van der Waals surface area contributed by atoms with E-state index in [1.165, 1.54) is 14.2 Å². The van der Waals surface area contributed by atoms with E-state index in [4.69, 9.17) is 24.2 Å². The van der Waals surface area contributed by atoms with Crippen LogP contribution in [0, 0.1) is 11.8 Å². The second-order valence-electron chi connectivity index (χ2n) is 17.6. The summed E-state index contributed by atoms with van der Waals surface area (Å²) in [7, 11) is 2.48. The van der Waals surface area contributed by atoms with E-state index in [1.54, 1.807) is 28.1 Å². The van der Waals surface area contributed by atoms with Gasteiger partial charge in [0.2, 0.25) is 12.3 Å². The number of halogens is 2. The number of alkyl halides is 2. The van der Waals surface area contributed by atoms with Crippen molar-refractivity contribution in [1.82, 2.24) is 40.4 Å². The highest BCUT2D eigenvalue weighted by Crippen LogP contribution is 2.44. The van der Waals surface area contributed by atoms with Gasteiger partial charge in [0.05, 0.1) is 49.2 Å². The summed E-state index contributed by atoms with van der Waals surface area (Å²) in [5, 5.41) is 7.12. The molecular weight excluding hydrogens is 863 g/mol. The minimum atomic E-state index is -2.45. The zero-order chi connectivity index (χ0) is 47.5. The number of methoxy groups -OCH3 is 2. The Kier molecular flexibility index (Phi) is 13.8. The van der Waals surface area contributed by atoms with Crippen molar-refractivity contribution in [2.45, 2.75) is 90.1 Å². The first-order valence-corrected chi connectivity index (χ1v) is 22.6. The third kappa shape index (κ3) is 9.63. The maximum Gasteiger partial charge on any atom is 0.407 e. The number of aromatic amines is 2. The number of nitrogens with zero attached hydrogens (tertiary/aromatic N) is 4. The molecule has 4 amide bonds. The molecule has 5 aromatic rings. The lowest BCUT2D eigenvalue weighted by molar-refractivity contribution is -0.135. The van der Waals surface area contributed by atoms with Gasteiger partial charge in [-0.2, -0.15) is 0 Å². The van der Waals surface area contributed by atoms with Crippen LogP contribution in [0.15, 0.2) is 85.1 Å². The van der Waals surface area contributed by atoms with E-state index in [0.717, 1.165) is 50.7 Å². The number of benzene rings is 3. The molecule has 2 saturated heterocycles. The normalized spacial score (nSPS) is 19.0. The number of carbonyl (C=O) groups is 4. The number of allylic oxidation sites excluding steroid dienone is 3. The molecule has 5 heterocycles. The molecule has 1 unspecified atom stereocenters. The molecule has 0 saturated carbocycles. The molecule has 17 heteroatoms. The van der Waals surface area contributed by atoms with E-state index in [0.29, 0.717) is 54.5 Å². The number of nitrogens with one attached hydrogen (secondary N) is 4. The van der Waals surface area contributed by atoms with Crippen LogP contribution >= 0.6 is 0 Å². The number of alkyl carbamates (subject to hydrolysis) is 2. The number of likely N-dealkylation sites (tertiary alicyclic amines) is 2. The number of hydrogen-bond acceptors (Lipinski definition) is 9. The van der Waals surface area contributed by atoms with Crippen LogP contribution in [0.1, 0.15) is 82.2 Å². The average molecular weight is 919 g/mol. The highest BCUT2D eigenvalue weighted by atomic mass is 19.3. The molecule has 2 aromatic heterocycles. The third-order valence-corrected chi connectivity index (χ3v) is 13.0. The molecule has 5 atom stereocenters. The maximum absolute atomic E-state index is 14.1. The van der Waals surface area contributed by atoms with Crippen LogP contribution in [-0.4, -0.2) is 99.6 Å². The molecule has 2 fully saturated rings. The van der Waals surface area contributed by atoms with Crippen molar-refractivity contribution in [2.24, 2.45) is 11.8 Å². The summed E-state index contributed by atoms with van der Waals surface area (Å²) >= 11 is 0. The maximum atomic E-state index is 14.1. The van der Waals surface area contributed by atoms with Gasteiger partial charge in [0.15, 0.2) is 0 Å². The third-order valence-electron chi connectivity index (χ3n) is 13.0. The minimum absolute atomic E-state index is 0.179. The second kappa shape index (κ2) is 19.8. The minimum Gasteiger partial charge on any atom is -0.488 e. The molecule has 4 N–H and O–H groups in total. The Hall–Kier alpha value is -7.04. The van der Waals surface area contributed by atoms with Crippen LogP contribution < -0.4 is 15.4 Å². The van der Waals surface area contributed by atoms with Gasteiger partial charge < -0.3 is 44.6 Å². The molecule has 0 spiro atoms. The van der Waals surface area contributed by atoms with Crippen LogP contribution in [0.5, 0.6) is 5.75 Å². The van der Waals surface area contributed by atoms with Crippen LogP contribution in [0.4, 0.5) is 18.4 Å². The van der Waals surface area contributed by atoms with Crippen molar-refractivity contribution < 1.29 is 42.2 Å². The Morgan fingerprint density at radius 2 is 1.75 bits per heavy atom. The first kappa shape index (κ1) is 46.5. The first-order valence-electron chi connectivity index (χ1n) is 22.6. The molecule has 3 aliphatic rings. The van der Waals surface area contributed by atoms with Gasteiger partial charge >= 0.3 is 12.2 Å². The predicted octanol–water partition coefficient (Wildman–Crippen LogP) is 9.06. The summed E-state index contributed by atoms with van der Waals surface area (Å²) in [5.41, 5.74) is 6.48. The number of carbonyl (C=O) groups excluding carboxylic acids is 4. The van der Waals surface area contributed by atoms with Crippen LogP contribution in [0.25, 0.3) is 44.2 Å². The molecule has 0 radical (unpaired) electrons. The highest BCUT2D eigenvalue weighted by molar-refractivity contribution is 6.07. The van der Waals surface area contributed by atoms with Gasteiger partial charge in [0.1, 0.15) is 36.1 Å². The van der Waals surface area contributed by atoms with Gasteiger partial charge in [-0.3, -0.25) is 9.59 Å². The predicted molar refractivity (Wildman–Crippen MR) is 249 cm³/mol. The van der Waals surface area contributed by atoms with Gasteiger partial charge in [-0.05, 0) is 96.4 Å². The largest absolute Gasteiger partial charge is 0.488 e. The number of ether oxygens (including phenoxy) is 3. The lowest BCUT2D eigenvalue weighted by atomic mass is 9.92. The summed E-state index contributed by atoms with van der Waals surface area (Å²) in [6, 6.07) is 11.4. The molecule has 0 aliphatic carbocycles. The Bertz CT molecular complexity index is 2760. The molecule has 15 nitrogen and oxygen atoms in total. The Morgan fingerprint density at radius 3 is 2.49 bits per heavy atom. The van der Waals surface area contributed by atoms with Crippen molar-refractivity contribution in [2.75, 3.05) is 27.3 Å². The fourth-order valence-corrected chi connectivity index (χ4v) is 9.52. The number of imidazole rings is 2. The van der Waals surface area contributed by atoms with Gasteiger partial charge in [-0.15, -0.1) is 0 Å². The quantitative estimate of drug-likeness (QED) is 0.0790. The Labute approximate surface area is 387 Å². The van der Waals surface area contributed by atoms with Gasteiger partial charge in [0, 0.05) is 30.5 Å². The van der Waals surface area contributed by atoms with E-state index < -0.39 is 36.7 Å². The Balaban J connectivity index is 1.04. The summed E-state index contributed by atoms with van der Waals surface area (Å²) in [5.74, 6) is 0.814. The topological polar surface area (TPSA) is 184 Å². The van der Waals surface area contributed by atoms with Crippen molar-refractivity contribution in [1.29, 1.82) is 0 Å². The van der Waals surface area contributed by atoms with E-state index >= 15 is 0 Å². The number of aromatic nitrogens is 4. The first-order chi connectivity index (χ1) is 32.3. The van der Waals surface area contributed by atoms with Crippen LogP contribution in [0.2, 0.25) is 0 Å². The zero-order valence-electron chi connectivity index (χ0n) is 38.2. The standard InChI is InChI=1S/C50H56F2N8O7/c1-7-8-9-11-28(4)43(58-50(64)66-6)48(62)59-19-10-12-38(59)45-53-24-37(55-45)31-14-16-33-32(21-31)26-67-40-23-34-30(22-35(33)40)15-17-36-44(34)56-46(54-36)39-20-29(13-18-41(51)52)25-60(39)47(61)42(27(2)3)57-49(63)65-5/h7-9,11,14-17,21-24,27,29,38-39,41-43H,4,10,12-13,18-20,25-26H2,1-3,5-6H3,(H,53,55)(H,54,56)(H,57,63)(H,58,64)/b8-7-,11-9-/t29-,38?,39-,42-,43+/m0/s1. The van der Waals surface area contributed by atoms with E-state index in [9.17, 15) is 28.0 Å². The summed E-state index contributed by atoms with van der Waals surface area (Å²) in [6.45, 7) is 10.7. The van der Waals surface area contributed by atoms with Crippen LogP contribution in [0.3, 0.4) is 0 Å². The lowest BCUT2D eigenvalue weighted by Crippen LogP contribution is -2.51. The summed E-state index contributed by atoms with van der Waals surface area (Å²) in [4.78, 5) is 72.6. The molecule has 0 bridgehead atoms. The SMILES string of the molecule is C=C(/C=C\C=C/C)[C@@H](NC(=O)OC)C(=O)N1CCCC1c1ncc(-c2ccc3c(c2)COc2cc4c(ccc5nc([C@@H]6C[C@H](CCC(F)F)CN6C(=O)[C@@H](NC(=O)OC)C(C)C)[nH]c54)cc2-3)[nH]1. The zero-order valence-corrected chi connectivity index (χ0v) is 38.2. The Morgan fingerprint density at radius 1 is 0.955 bits per heavy atom. The fraction of sp³-hybridized carbons (Fsp3) is 0.400. The lowest BCUT2D eigenvalue weighted by Gasteiger charge is -2.30. The number of fused-ring (bicyclic) bond motifs is 6. The molecular formula is C50H56F2N8O7. The number of rotatable bonds is 14. The van der Waals surface area contributed by atoms with E-state index in [2.05, 4.69) is 45.4 Å². The average Bonchev–Trinajstić information content (AvgIpc) is 4.17. The monoisotopic (exact) mass is 918 g/mol. The van der Waals surface area contributed by atoms with Crippen molar-refractivity contribution in [3.05, 3.63) is 102 Å². The number of H-pyrrole nitrogens is 2. The number of amides is 4. The highest BCUT2D eigenvalue weighted by Gasteiger charge is 2.42. The van der Waals surface area contributed by atoms with Crippen molar-refractivity contribution >= 4 is 45.8 Å². The molecule has 8 rings (SSSR count). The van der Waals surface area contributed by atoms with Crippen LogP contribution in [-0.2, 0) is 25.7 Å². The van der Waals surface area contributed by atoms with Crippen molar-refractivity contribution in [3.63, 3.8) is 0 Å². The van der Waals surface area contributed by atoms with Gasteiger partial charge in [0.25, 0.3) is 5.91 Å². The number of hydrogen-bond donors (Lipinski definition) is 4. The molecule has 3 aliphatic heterocycles. The van der Waals surface area contributed by atoms with Crippen molar-refractivity contribution in [3.8, 4) is 28.1 Å². The summed E-state index contributed by atoms with van der Waals surface area (Å²) < 4.78 is 42.7. The molecule has 352 valence electrons. The molecule has 67 heavy (non-hydrogen) atoms. The smallest absolute Gasteiger partial charge is 0.407 e. The second-order valence-corrected chi connectivity index (χ2v) is 17.6. The van der Waals surface area contributed by atoms with E-state index in [1.807, 2.05) is 57.2 Å². The molecule has 3 aromatic carbocycles. The summed E-state index contributed by atoms with van der Waals surface area (Å²) in [6.07, 6.45) is 6.85.